The van der Waals surface area contributed by atoms with Crippen LogP contribution in [0, 0.1) is 5.92 Å². The molecule has 1 saturated heterocycles. The molecule has 0 saturated carbocycles. The van der Waals surface area contributed by atoms with Gasteiger partial charge in [-0.25, -0.2) is 0 Å². The second kappa shape index (κ2) is 7.45. The Morgan fingerprint density at radius 2 is 1.42 bits per heavy atom. The first-order chi connectivity index (χ1) is 10.5. The van der Waals surface area contributed by atoms with E-state index in [-0.39, 0.29) is 5.91 Å². The quantitative estimate of drug-likeness (QED) is 0.573. The minimum Gasteiger partial charge on any atom is -0.437 e. The van der Waals surface area contributed by atoms with Crippen molar-refractivity contribution < 1.29 is 17.1 Å². The van der Waals surface area contributed by atoms with Gasteiger partial charge < -0.3 is 17.2 Å². The third-order valence-electron chi connectivity index (χ3n) is 3.42. The van der Waals surface area contributed by atoms with E-state index in [1.165, 1.54) is 0 Å². The van der Waals surface area contributed by atoms with E-state index >= 15 is 0 Å². The molecule has 5 nitrogen and oxygen atoms in total. The monoisotopic (exact) mass is 407 g/mol. The molecule has 0 spiro atoms. The lowest BCUT2D eigenvalue weighted by molar-refractivity contribution is -0.127. The molecule has 1 aliphatic rings. The number of hydrogen-bond donors (Lipinski definition) is 0. The van der Waals surface area contributed by atoms with Gasteiger partial charge in [0.05, 0.1) is 6.17 Å². The Labute approximate surface area is 152 Å². The number of carbonyl (C=O) groups is 1. The van der Waals surface area contributed by atoms with Gasteiger partial charge >= 0.3 is 17.1 Å². The van der Waals surface area contributed by atoms with Gasteiger partial charge in [-0.3, -0.25) is 4.79 Å². The Kier molecular flexibility index (Phi) is 6.91. The van der Waals surface area contributed by atoms with Crippen molar-refractivity contribution in [3.05, 3.63) is 0 Å². The van der Waals surface area contributed by atoms with Crippen LogP contribution in [-0.4, -0.2) is 57.3 Å². The predicted molar refractivity (Wildman–Crippen MR) is 109 cm³/mol. The van der Waals surface area contributed by atoms with Crippen molar-refractivity contribution in [1.82, 2.24) is 4.90 Å². The summed E-state index contributed by atoms with van der Waals surface area (Å²) in [4.78, 5) is 14.2. The van der Waals surface area contributed by atoms with E-state index in [2.05, 4.69) is 65.8 Å². The molecule has 9 heteroatoms. The van der Waals surface area contributed by atoms with E-state index in [9.17, 15) is 4.79 Å². The summed E-state index contributed by atoms with van der Waals surface area (Å²) in [7, 11) is -8.30. The van der Waals surface area contributed by atoms with Crippen LogP contribution in [0.3, 0.4) is 0 Å². The van der Waals surface area contributed by atoms with Gasteiger partial charge in [-0.05, 0) is 64.8 Å². The van der Waals surface area contributed by atoms with E-state index in [0.29, 0.717) is 18.5 Å². The number of hydrogen-bond acceptors (Lipinski definition) is 4. The maximum absolute atomic E-state index is 12.3. The van der Waals surface area contributed by atoms with Crippen molar-refractivity contribution in [2.75, 3.05) is 12.7 Å². The molecule has 2 unspecified atom stereocenters. The van der Waals surface area contributed by atoms with Crippen LogP contribution in [0.1, 0.15) is 13.3 Å². The SMILES string of the molecule is CC1CC(=O)N(C[Si](C)(O[Si](C)(C)C)O[Si](C)(C)O[Si](C)(C)C)C1. The second-order valence-electron chi connectivity index (χ2n) is 9.65. The lowest BCUT2D eigenvalue weighted by atomic mass is 10.2. The molecule has 1 aliphatic heterocycles. The average Bonchev–Trinajstić information content (AvgIpc) is 2.47. The molecule has 1 heterocycles. The standard InChI is InChI=1S/C15H37NO4Si4/c1-14-11-15(17)16(12-14)13-24(10,19-22(5,6)7)20-23(8,9)18-21(2,3)4/h14H,11-13H2,1-10H3. The van der Waals surface area contributed by atoms with Crippen molar-refractivity contribution in [3.8, 4) is 0 Å². The molecule has 0 bridgehead atoms. The summed E-state index contributed by atoms with van der Waals surface area (Å²) >= 11 is 0. The fraction of sp³-hybridized carbons (Fsp3) is 0.933. The van der Waals surface area contributed by atoms with Gasteiger partial charge in [0.2, 0.25) is 5.91 Å². The third-order valence-corrected chi connectivity index (χ3v) is 16.7. The molecule has 0 radical (unpaired) electrons. The van der Waals surface area contributed by atoms with Gasteiger partial charge in [0.25, 0.3) is 0 Å². The normalized spacial score (nSPS) is 22.8. The van der Waals surface area contributed by atoms with Gasteiger partial charge in [-0.2, -0.15) is 0 Å². The van der Waals surface area contributed by atoms with Gasteiger partial charge in [0.15, 0.2) is 16.6 Å². The number of amides is 1. The first-order valence-corrected chi connectivity index (χ1v) is 21.0. The summed E-state index contributed by atoms with van der Waals surface area (Å²) < 4.78 is 19.6. The van der Waals surface area contributed by atoms with Crippen molar-refractivity contribution in [3.63, 3.8) is 0 Å². The Bertz CT molecular complexity index is 461. The molecule has 2 atom stereocenters. The number of carbonyl (C=O) groups excluding carboxylic acids is 1. The first-order valence-electron chi connectivity index (χ1n) is 8.89. The molecule has 0 aromatic heterocycles. The maximum atomic E-state index is 12.3. The van der Waals surface area contributed by atoms with Crippen molar-refractivity contribution >= 4 is 39.7 Å². The van der Waals surface area contributed by atoms with Crippen LogP contribution in [0.4, 0.5) is 0 Å². The van der Waals surface area contributed by atoms with Crippen LogP contribution in [0.25, 0.3) is 0 Å². The van der Waals surface area contributed by atoms with Gasteiger partial charge in [0.1, 0.15) is 0 Å². The van der Waals surface area contributed by atoms with Gasteiger partial charge in [0, 0.05) is 13.0 Å². The van der Waals surface area contributed by atoms with E-state index in [0.717, 1.165) is 6.54 Å². The topological polar surface area (TPSA) is 48.0 Å². The Hall–Kier alpha value is 0.218. The molecule has 0 N–H and O–H groups in total. The molecule has 0 aromatic carbocycles. The highest BCUT2D eigenvalue weighted by Crippen LogP contribution is 2.27. The fourth-order valence-corrected chi connectivity index (χ4v) is 21.3. The summed E-state index contributed by atoms with van der Waals surface area (Å²) in [6.45, 7) is 22.4. The molecule has 24 heavy (non-hydrogen) atoms. The maximum Gasteiger partial charge on any atom is 0.336 e. The summed E-state index contributed by atoms with van der Waals surface area (Å²) in [6.07, 6.45) is 1.26. The minimum absolute atomic E-state index is 0.231. The van der Waals surface area contributed by atoms with Crippen LogP contribution in [0.5, 0.6) is 0 Å². The zero-order chi connectivity index (χ0) is 19.0. The Morgan fingerprint density at radius 1 is 0.917 bits per heavy atom. The van der Waals surface area contributed by atoms with Crippen LogP contribution in [0.2, 0.25) is 58.9 Å². The summed E-state index contributed by atoms with van der Waals surface area (Å²) in [5.74, 6) is 0.653. The Morgan fingerprint density at radius 3 is 1.79 bits per heavy atom. The van der Waals surface area contributed by atoms with Gasteiger partial charge in [-0.1, -0.05) is 6.92 Å². The van der Waals surface area contributed by atoms with E-state index in [4.69, 9.17) is 12.3 Å². The molecular formula is C15H37NO4Si4. The average molecular weight is 408 g/mol. The Balaban J connectivity index is 2.95. The van der Waals surface area contributed by atoms with Crippen LogP contribution in [-0.2, 0) is 17.1 Å². The molecule has 1 fully saturated rings. The van der Waals surface area contributed by atoms with Gasteiger partial charge in [-0.15, -0.1) is 0 Å². The minimum atomic E-state index is -2.53. The molecule has 1 rings (SSSR count). The summed E-state index contributed by atoms with van der Waals surface area (Å²) in [6, 6.07) is 0. The number of likely N-dealkylation sites (tertiary alicyclic amines) is 1. The van der Waals surface area contributed by atoms with Crippen molar-refractivity contribution in [1.29, 1.82) is 0 Å². The first kappa shape index (κ1) is 22.3. The molecular weight excluding hydrogens is 371 g/mol. The molecule has 1 amide bonds. The van der Waals surface area contributed by atoms with E-state index in [1.807, 2.05) is 4.90 Å². The number of rotatable bonds is 8. The summed E-state index contributed by atoms with van der Waals surface area (Å²) in [5, 5.41) is 0. The van der Waals surface area contributed by atoms with E-state index < -0.39 is 33.8 Å². The lowest BCUT2D eigenvalue weighted by Crippen LogP contribution is -2.61. The predicted octanol–water partition coefficient (Wildman–Crippen LogP) is 3.89. The molecule has 142 valence electrons. The summed E-state index contributed by atoms with van der Waals surface area (Å²) in [5.41, 5.74) is 0. The number of nitrogens with zero attached hydrogens (tertiary/aromatic N) is 1. The van der Waals surface area contributed by atoms with Crippen molar-refractivity contribution in [2.24, 2.45) is 5.92 Å². The molecule has 0 aliphatic carbocycles. The zero-order valence-corrected chi connectivity index (χ0v) is 21.3. The largest absolute Gasteiger partial charge is 0.437 e. The zero-order valence-electron chi connectivity index (χ0n) is 17.3. The highest BCUT2D eigenvalue weighted by atomic mass is 28.5. The smallest absolute Gasteiger partial charge is 0.336 e. The van der Waals surface area contributed by atoms with Crippen LogP contribution in [0.15, 0.2) is 0 Å². The highest BCUT2D eigenvalue weighted by Gasteiger charge is 2.47. The van der Waals surface area contributed by atoms with Crippen molar-refractivity contribution in [2.45, 2.75) is 72.3 Å². The second-order valence-corrected chi connectivity index (χ2v) is 25.9. The lowest BCUT2D eigenvalue weighted by Gasteiger charge is -2.42. The fourth-order valence-electron chi connectivity index (χ4n) is 3.48. The van der Waals surface area contributed by atoms with E-state index in [1.54, 1.807) is 0 Å². The van der Waals surface area contributed by atoms with Crippen LogP contribution < -0.4 is 0 Å². The molecule has 0 aromatic rings. The van der Waals surface area contributed by atoms with Crippen LogP contribution >= 0.6 is 0 Å². The third kappa shape index (κ3) is 8.06. The highest BCUT2D eigenvalue weighted by molar-refractivity contribution is 6.89.